The maximum absolute atomic E-state index is 15.5. The second-order valence-electron chi connectivity index (χ2n) is 11.1. The summed E-state index contributed by atoms with van der Waals surface area (Å²) in [7, 11) is 0. The number of aryl methyl sites for hydroxylation is 2. The smallest absolute Gasteiger partial charge is 0.326 e. The standard InChI is InChI=1S/C32H32FN5O9/c1-3-12-38(26-9-4-17-13-25-21(15-20(17)26)30(44)35-16(2)34-25)18-5-6-19(22(33)14-18)29(43)36-23(7-10-27(39)40)31(45)37-24(32(46)47)8-11-28(41)42/h1,5-6,13-15,23-24,26H,4,7-12H2,2H3,(H,36,43)(H,37,45)(H,39,40)(H,41,42)(H,46,47)(H,34,35,44)/t23-,24-,26+/m1/s1. The van der Waals surface area contributed by atoms with Crippen LogP contribution < -0.4 is 21.1 Å². The summed E-state index contributed by atoms with van der Waals surface area (Å²) in [5, 5.41) is 32.1. The van der Waals surface area contributed by atoms with Gasteiger partial charge in [0.1, 0.15) is 23.7 Å². The molecule has 1 aromatic heterocycles. The third kappa shape index (κ3) is 8.09. The number of nitrogens with one attached hydrogen (secondary N) is 3. The third-order valence-electron chi connectivity index (χ3n) is 7.83. The minimum absolute atomic E-state index is 0.0691. The van der Waals surface area contributed by atoms with Crippen molar-refractivity contribution in [1.29, 1.82) is 0 Å². The number of halogens is 1. The van der Waals surface area contributed by atoms with Crippen LogP contribution in [0.2, 0.25) is 0 Å². The highest BCUT2D eigenvalue weighted by atomic mass is 19.1. The van der Waals surface area contributed by atoms with Gasteiger partial charge in [0.2, 0.25) is 5.91 Å². The molecule has 2 aromatic carbocycles. The number of rotatable bonds is 14. The van der Waals surface area contributed by atoms with Crippen molar-refractivity contribution >= 4 is 46.3 Å². The molecule has 6 N–H and O–H groups in total. The topological polar surface area (TPSA) is 219 Å². The minimum atomic E-state index is -1.63. The molecule has 14 nitrogen and oxygen atoms in total. The van der Waals surface area contributed by atoms with E-state index in [1.807, 2.05) is 6.07 Å². The van der Waals surface area contributed by atoms with E-state index in [9.17, 15) is 33.9 Å². The molecule has 246 valence electrons. The highest BCUT2D eigenvalue weighted by Gasteiger charge is 2.31. The molecule has 3 atom stereocenters. The molecular weight excluding hydrogens is 617 g/mol. The fourth-order valence-electron chi connectivity index (χ4n) is 5.58. The number of fused-ring (bicyclic) bond motifs is 2. The normalized spacial score (nSPS) is 14.8. The molecule has 1 heterocycles. The Morgan fingerprint density at radius 2 is 1.74 bits per heavy atom. The molecule has 15 heteroatoms. The lowest BCUT2D eigenvalue weighted by Gasteiger charge is -2.30. The van der Waals surface area contributed by atoms with E-state index >= 15 is 4.39 Å². The first kappa shape index (κ1) is 34.1. The lowest BCUT2D eigenvalue weighted by Crippen LogP contribution is -2.52. The van der Waals surface area contributed by atoms with Crippen LogP contribution in [0.3, 0.4) is 0 Å². The van der Waals surface area contributed by atoms with Gasteiger partial charge in [-0.1, -0.05) is 5.92 Å². The number of aliphatic carboxylic acids is 3. The van der Waals surface area contributed by atoms with Gasteiger partial charge in [0.25, 0.3) is 11.5 Å². The van der Waals surface area contributed by atoms with E-state index in [1.165, 1.54) is 12.1 Å². The van der Waals surface area contributed by atoms with Crippen molar-refractivity contribution in [2.45, 2.75) is 63.6 Å². The summed E-state index contributed by atoms with van der Waals surface area (Å²) >= 11 is 0. The van der Waals surface area contributed by atoms with Crippen molar-refractivity contribution in [2.75, 3.05) is 11.4 Å². The number of carboxylic acid groups (broad SMARTS) is 3. The number of aromatic amines is 1. The molecule has 0 radical (unpaired) electrons. The first-order valence-electron chi connectivity index (χ1n) is 14.6. The summed E-state index contributed by atoms with van der Waals surface area (Å²) in [6.07, 6.45) is 4.85. The number of carbonyl (C=O) groups excluding carboxylic acids is 2. The Labute approximate surface area is 267 Å². The lowest BCUT2D eigenvalue weighted by molar-refractivity contribution is -0.143. The Balaban J connectivity index is 1.57. The van der Waals surface area contributed by atoms with Gasteiger partial charge in [0, 0.05) is 18.5 Å². The van der Waals surface area contributed by atoms with Gasteiger partial charge in [0.15, 0.2) is 0 Å². The van der Waals surface area contributed by atoms with E-state index in [4.69, 9.17) is 16.6 Å². The van der Waals surface area contributed by atoms with Gasteiger partial charge in [-0.05, 0) is 74.1 Å². The second kappa shape index (κ2) is 14.5. The highest BCUT2D eigenvalue weighted by Crippen LogP contribution is 2.39. The first-order chi connectivity index (χ1) is 22.3. The van der Waals surface area contributed by atoms with Crippen LogP contribution in [-0.4, -0.2) is 73.6 Å². The zero-order chi connectivity index (χ0) is 34.4. The monoisotopic (exact) mass is 649 g/mol. The van der Waals surface area contributed by atoms with Crippen LogP contribution in [0.15, 0.2) is 35.1 Å². The fraction of sp³-hybridized carbons (Fsp3) is 0.344. The van der Waals surface area contributed by atoms with Crippen molar-refractivity contribution in [3.05, 3.63) is 69.0 Å². The van der Waals surface area contributed by atoms with Crippen LogP contribution in [0.5, 0.6) is 0 Å². The zero-order valence-electron chi connectivity index (χ0n) is 25.2. The number of benzene rings is 2. The van der Waals surface area contributed by atoms with Gasteiger partial charge >= 0.3 is 17.9 Å². The molecule has 1 aliphatic rings. The lowest BCUT2D eigenvalue weighted by atomic mass is 10.0. The Morgan fingerprint density at radius 3 is 2.36 bits per heavy atom. The van der Waals surface area contributed by atoms with Crippen molar-refractivity contribution in [2.24, 2.45) is 0 Å². The molecule has 2 amide bonds. The number of terminal acetylenes is 1. The SMILES string of the molecule is C#CCN(c1ccc(C(=O)N[C@H](CCC(=O)O)C(=O)N[C@H](CCC(=O)O)C(=O)O)c(F)c1)[C@H]1CCc2cc3nc(C)[nH]c(=O)c3cc21. The summed E-state index contributed by atoms with van der Waals surface area (Å²) in [6, 6.07) is 3.83. The summed E-state index contributed by atoms with van der Waals surface area (Å²) in [5.41, 5.74) is 1.94. The van der Waals surface area contributed by atoms with Crippen molar-refractivity contribution < 1.29 is 43.7 Å². The van der Waals surface area contributed by atoms with E-state index in [0.717, 1.165) is 17.2 Å². The van der Waals surface area contributed by atoms with Crippen LogP contribution in [0, 0.1) is 25.1 Å². The van der Waals surface area contributed by atoms with Gasteiger partial charge in [-0.2, -0.15) is 0 Å². The van der Waals surface area contributed by atoms with Crippen LogP contribution in [-0.2, 0) is 25.6 Å². The van der Waals surface area contributed by atoms with Crippen LogP contribution in [0.25, 0.3) is 10.9 Å². The minimum Gasteiger partial charge on any atom is -0.481 e. The first-order valence-corrected chi connectivity index (χ1v) is 14.6. The molecule has 3 aromatic rings. The predicted octanol–water partition coefficient (Wildman–Crippen LogP) is 1.90. The fourth-order valence-corrected chi connectivity index (χ4v) is 5.58. The maximum Gasteiger partial charge on any atom is 0.326 e. The number of aromatic nitrogens is 2. The molecule has 47 heavy (non-hydrogen) atoms. The number of H-pyrrole nitrogens is 1. The Morgan fingerprint density at radius 1 is 1.06 bits per heavy atom. The van der Waals surface area contributed by atoms with Gasteiger partial charge in [-0.25, -0.2) is 14.2 Å². The van der Waals surface area contributed by atoms with Gasteiger partial charge in [0.05, 0.1) is 29.1 Å². The van der Waals surface area contributed by atoms with Gasteiger partial charge < -0.3 is 35.8 Å². The molecule has 0 saturated heterocycles. The van der Waals surface area contributed by atoms with E-state index in [1.54, 1.807) is 17.9 Å². The number of amides is 2. The van der Waals surface area contributed by atoms with Crippen molar-refractivity contribution in [3.8, 4) is 12.3 Å². The maximum atomic E-state index is 15.5. The summed E-state index contributed by atoms with van der Waals surface area (Å²) in [5.74, 6) is -4.20. The van der Waals surface area contributed by atoms with Crippen molar-refractivity contribution in [1.82, 2.24) is 20.6 Å². The summed E-state index contributed by atoms with van der Waals surface area (Å²) in [4.78, 5) is 81.0. The number of hydrogen-bond acceptors (Lipinski definition) is 8. The third-order valence-corrected chi connectivity index (χ3v) is 7.83. The Hall–Kier alpha value is -5.78. The van der Waals surface area contributed by atoms with Gasteiger partial charge in [-0.3, -0.25) is 24.0 Å². The second-order valence-corrected chi connectivity index (χ2v) is 11.1. The van der Waals surface area contributed by atoms with E-state index in [2.05, 4.69) is 26.5 Å². The molecular formula is C32H32FN5O9. The van der Waals surface area contributed by atoms with Crippen LogP contribution >= 0.6 is 0 Å². The average molecular weight is 650 g/mol. The summed E-state index contributed by atoms with van der Waals surface area (Å²) < 4.78 is 15.5. The molecule has 0 bridgehead atoms. The molecule has 1 aliphatic carbocycles. The Kier molecular flexibility index (Phi) is 10.6. The molecule has 0 unspecified atom stereocenters. The molecule has 0 saturated carbocycles. The van der Waals surface area contributed by atoms with Crippen LogP contribution in [0.4, 0.5) is 10.1 Å². The Bertz CT molecular complexity index is 1850. The summed E-state index contributed by atoms with van der Waals surface area (Å²) in [6.45, 7) is 1.76. The van der Waals surface area contributed by atoms with E-state index in [-0.39, 0.29) is 18.1 Å². The molecule has 0 aliphatic heterocycles. The average Bonchev–Trinajstić information content (AvgIpc) is 3.40. The van der Waals surface area contributed by atoms with Crippen molar-refractivity contribution in [3.63, 3.8) is 0 Å². The number of carbonyl (C=O) groups is 5. The largest absolute Gasteiger partial charge is 0.481 e. The predicted molar refractivity (Wildman–Crippen MR) is 165 cm³/mol. The van der Waals surface area contributed by atoms with E-state index in [0.29, 0.717) is 35.3 Å². The highest BCUT2D eigenvalue weighted by molar-refractivity contribution is 5.98. The number of hydrogen-bond donors (Lipinski definition) is 6. The number of carboxylic acids is 3. The molecule has 4 rings (SSSR count). The number of anilines is 1. The van der Waals surface area contributed by atoms with E-state index < -0.39 is 78.9 Å². The van der Waals surface area contributed by atoms with Gasteiger partial charge in [-0.15, -0.1) is 6.42 Å². The quantitative estimate of drug-likeness (QED) is 0.139. The number of nitrogens with zero attached hydrogens (tertiary/aromatic N) is 2. The molecule has 0 spiro atoms. The zero-order valence-corrected chi connectivity index (χ0v) is 25.2. The van der Waals surface area contributed by atoms with Crippen LogP contribution in [0.1, 0.15) is 65.5 Å². The molecule has 0 fully saturated rings.